The first-order valence-electron chi connectivity index (χ1n) is 9.84. The first-order valence-corrected chi connectivity index (χ1v) is 11.7. The minimum atomic E-state index is -3.90. The number of carbonyl (C=O) groups excluding carboxylic acids is 1. The summed E-state index contributed by atoms with van der Waals surface area (Å²) in [6, 6.07) is 11.1. The molecule has 3 aromatic rings. The third-order valence-electron chi connectivity index (χ3n) is 4.94. The predicted octanol–water partition coefficient (Wildman–Crippen LogP) is 2.37. The van der Waals surface area contributed by atoms with E-state index in [1.54, 1.807) is 24.3 Å². The number of hydrogen-bond donors (Lipinski definition) is 1. The zero-order chi connectivity index (χ0) is 22.9. The fraction of sp³-hybridized carbons (Fsp3) is 0.300. The maximum atomic E-state index is 13.2. The lowest BCUT2D eigenvalue weighted by atomic mass is 10.2. The molecule has 12 heteroatoms. The van der Waals surface area contributed by atoms with E-state index in [9.17, 15) is 13.2 Å². The molecule has 1 N–H and O–H groups in total. The summed E-state index contributed by atoms with van der Waals surface area (Å²) in [6.07, 6.45) is 0.976. The van der Waals surface area contributed by atoms with E-state index in [0.717, 1.165) is 5.69 Å². The molecular formula is C20H21ClN6O4S. The summed E-state index contributed by atoms with van der Waals surface area (Å²) in [5.41, 5.74) is 1.43. The number of ether oxygens (including phenoxy) is 1. The second-order valence-corrected chi connectivity index (χ2v) is 9.79. The Morgan fingerprint density at radius 2 is 1.81 bits per heavy atom. The normalized spacial score (nSPS) is 19.6. The zero-order valence-electron chi connectivity index (χ0n) is 17.3. The summed E-state index contributed by atoms with van der Waals surface area (Å²) in [4.78, 5) is 12.7. The third kappa shape index (κ3) is 4.65. The molecule has 2 aromatic carbocycles. The van der Waals surface area contributed by atoms with Crippen molar-refractivity contribution in [2.45, 2.75) is 31.0 Å². The van der Waals surface area contributed by atoms with Gasteiger partial charge < -0.3 is 10.1 Å². The molecule has 0 radical (unpaired) electrons. The quantitative estimate of drug-likeness (QED) is 0.600. The van der Waals surface area contributed by atoms with Crippen LogP contribution in [0.3, 0.4) is 0 Å². The highest BCUT2D eigenvalue weighted by molar-refractivity contribution is 7.89. The molecule has 168 valence electrons. The van der Waals surface area contributed by atoms with E-state index in [4.69, 9.17) is 16.3 Å². The fourth-order valence-electron chi connectivity index (χ4n) is 3.49. The van der Waals surface area contributed by atoms with Crippen LogP contribution in [0.1, 0.15) is 24.2 Å². The van der Waals surface area contributed by atoms with Crippen LogP contribution in [0.2, 0.25) is 5.02 Å². The van der Waals surface area contributed by atoms with Crippen molar-refractivity contribution in [1.29, 1.82) is 0 Å². The van der Waals surface area contributed by atoms with Crippen molar-refractivity contribution in [2.75, 3.05) is 18.4 Å². The lowest BCUT2D eigenvalue weighted by Gasteiger charge is -2.34. The van der Waals surface area contributed by atoms with Gasteiger partial charge in [0.25, 0.3) is 5.91 Å². The van der Waals surface area contributed by atoms with Crippen LogP contribution in [0.25, 0.3) is 5.69 Å². The summed E-state index contributed by atoms with van der Waals surface area (Å²) in [5.74, 6) is -0.461. The van der Waals surface area contributed by atoms with Crippen LogP contribution in [0.4, 0.5) is 5.69 Å². The summed E-state index contributed by atoms with van der Waals surface area (Å²) in [7, 11) is -3.90. The Labute approximate surface area is 190 Å². The minimum Gasteiger partial charge on any atom is -0.373 e. The van der Waals surface area contributed by atoms with Gasteiger partial charge in [-0.3, -0.25) is 4.79 Å². The molecule has 1 fully saturated rings. The van der Waals surface area contributed by atoms with Crippen molar-refractivity contribution in [1.82, 2.24) is 24.5 Å². The molecule has 2 atom stereocenters. The molecule has 2 heterocycles. The zero-order valence-corrected chi connectivity index (χ0v) is 18.9. The predicted molar refractivity (Wildman–Crippen MR) is 117 cm³/mol. The first-order chi connectivity index (χ1) is 15.2. The van der Waals surface area contributed by atoms with Crippen molar-refractivity contribution in [3.05, 3.63) is 59.4 Å². The van der Waals surface area contributed by atoms with Crippen LogP contribution in [-0.2, 0) is 14.8 Å². The van der Waals surface area contributed by atoms with Crippen molar-refractivity contribution < 1.29 is 17.9 Å². The molecule has 0 bridgehead atoms. The Balaban J connectivity index is 1.55. The number of amides is 1. The molecule has 1 saturated heterocycles. The molecule has 1 aliphatic rings. The standard InChI is InChI=1S/C20H21ClN6O4S/c1-13-10-26(11-14(2)31-13)32(29,30)19-9-15(3-8-18(19)21)20(28)23-16-4-6-17(7-5-16)27-12-22-24-25-27/h3-9,12-14H,10-11H2,1-2H3,(H,23,28). The number of halogens is 1. The largest absolute Gasteiger partial charge is 0.373 e. The lowest BCUT2D eigenvalue weighted by Crippen LogP contribution is -2.48. The molecular weight excluding hydrogens is 456 g/mol. The van der Waals surface area contributed by atoms with Gasteiger partial charge in [-0.2, -0.15) is 4.31 Å². The van der Waals surface area contributed by atoms with Crippen molar-refractivity contribution in [2.24, 2.45) is 0 Å². The monoisotopic (exact) mass is 476 g/mol. The number of morpholine rings is 1. The highest BCUT2D eigenvalue weighted by atomic mass is 35.5. The maximum absolute atomic E-state index is 13.2. The molecule has 1 aromatic heterocycles. The van der Waals surface area contributed by atoms with Gasteiger partial charge in [-0.1, -0.05) is 11.6 Å². The van der Waals surface area contributed by atoms with Crippen LogP contribution in [0.15, 0.2) is 53.7 Å². The SMILES string of the molecule is CC1CN(S(=O)(=O)c2cc(C(=O)Nc3ccc(-n4cnnn4)cc3)ccc2Cl)CC(C)O1. The van der Waals surface area contributed by atoms with Crippen molar-refractivity contribution in [3.63, 3.8) is 0 Å². The lowest BCUT2D eigenvalue weighted by molar-refractivity contribution is -0.0440. The summed E-state index contributed by atoms with van der Waals surface area (Å²) in [6.45, 7) is 4.06. The number of rotatable bonds is 5. The maximum Gasteiger partial charge on any atom is 0.255 e. The van der Waals surface area contributed by atoms with Gasteiger partial charge >= 0.3 is 0 Å². The molecule has 4 rings (SSSR count). The van der Waals surface area contributed by atoms with E-state index >= 15 is 0 Å². The number of aromatic nitrogens is 4. The molecule has 0 aliphatic carbocycles. The smallest absolute Gasteiger partial charge is 0.255 e. The van der Waals surface area contributed by atoms with E-state index in [-0.39, 0.29) is 40.8 Å². The minimum absolute atomic E-state index is 0.0548. The molecule has 10 nitrogen and oxygen atoms in total. The highest BCUT2D eigenvalue weighted by Crippen LogP contribution is 2.28. The number of nitrogens with one attached hydrogen (secondary N) is 1. The number of hydrogen-bond acceptors (Lipinski definition) is 7. The van der Waals surface area contributed by atoms with Gasteiger partial charge in [0.05, 0.1) is 22.9 Å². The van der Waals surface area contributed by atoms with Crippen LogP contribution in [-0.4, -0.2) is 64.1 Å². The van der Waals surface area contributed by atoms with Gasteiger partial charge in [-0.25, -0.2) is 13.1 Å². The Kier molecular flexibility index (Phi) is 6.24. The summed E-state index contributed by atoms with van der Waals surface area (Å²) < 4.78 is 34.9. The summed E-state index contributed by atoms with van der Waals surface area (Å²) in [5, 5.41) is 13.8. The third-order valence-corrected chi connectivity index (χ3v) is 7.25. The average Bonchev–Trinajstić information content (AvgIpc) is 3.28. The Morgan fingerprint density at radius 3 is 2.44 bits per heavy atom. The summed E-state index contributed by atoms with van der Waals surface area (Å²) >= 11 is 6.22. The van der Waals surface area contributed by atoms with Gasteiger partial charge in [-0.05, 0) is 66.7 Å². The van der Waals surface area contributed by atoms with Crippen LogP contribution >= 0.6 is 11.6 Å². The van der Waals surface area contributed by atoms with Crippen molar-refractivity contribution in [3.8, 4) is 5.69 Å². The van der Waals surface area contributed by atoms with Crippen LogP contribution in [0.5, 0.6) is 0 Å². The van der Waals surface area contributed by atoms with E-state index in [0.29, 0.717) is 5.69 Å². The van der Waals surface area contributed by atoms with E-state index in [1.807, 2.05) is 13.8 Å². The first kappa shape index (κ1) is 22.3. The molecule has 1 aliphatic heterocycles. The van der Waals surface area contributed by atoms with Gasteiger partial charge in [-0.15, -0.1) is 5.10 Å². The molecule has 0 saturated carbocycles. The Bertz CT molecular complexity index is 1210. The second-order valence-electron chi connectivity index (χ2n) is 7.48. The van der Waals surface area contributed by atoms with Gasteiger partial charge in [0.1, 0.15) is 11.2 Å². The average molecular weight is 477 g/mol. The fourth-order valence-corrected chi connectivity index (χ4v) is 5.58. The van der Waals surface area contributed by atoms with Gasteiger partial charge in [0.15, 0.2) is 0 Å². The number of benzene rings is 2. The van der Waals surface area contributed by atoms with E-state index in [1.165, 1.54) is 33.5 Å². The van der Waals surface area contributed by atoms with Gasteiger partial charge in [0.2, 0.25) is 10.0 Å². The van der Waals surface area contributed by atoms with E-state index in [2.05, 4.69) is 20.8 Å². The van der Waals surface area contributed by atoms with Crippen LogP contribution < -0.4 is 5.32 Å². The molecule has 0 spiro atoms. The van der Waals surface area contributed by atoms with Crippen LogP contribution in [0, 0.1) is 0 Å². The molecule has 32 heavy (non-hydrogen) atoms. The number of anilines is 1. The topological polar surface area (TPSA) is 119 Å². The van der Waals surface area contributed by atoms with Gasteiger partial charge in [0, 0.05) is 24.3 Å². The Morgan fingerprint density at radius 1 is 1.12 bits per heavy atom. The van der Waals surface area contributed by atoms with E-state index < -0.39 is 15.9 Å². The highest BCUT2D eigenvalue weighted by Gasteiger charge is 2.33. The van der Waals surface area contributed by atoms with Crippen molar-refractivity contribution >= 4 is 33.2 Å². The second kappa shape index (κ2) is 8.94. The number of tetrazole rings is 1. The number of carbonyl (C=O) groups is 1. The number of nitrogens with zero attached hydrogens (tertiary/aromatic N) is 5. The Hall–Kier alpha value is -2.86. The number of sulfonamides is 1. The molecule has 2 unspecified atom stereocenters. The molecule has 1 amide bonds.